The Kier molecular flexibility index (Phi) is 5.35. The van der Waals surface area contributed by atoms with Crippen molar-refractivity contribution in [1.82, 2.24) is 4.98 Å². The van der Waals surface area contributed by atoms with E-state index in [2.05, 4.69) is 21.7 Å². The van der Waals surface area contributed by atoms with Crippen LogP contribution in [0.2, 0.25) is 0 Å². The van der Waals surface area contributed by atoms with Crippen LogP contribution >= 0.6 is 23.1 Å². The van der Waals surface area contributed by atoms with E-state index in [0.29, 0.717) is 13.2 Å². The lowest BCUT2D eigenvalue weighted by molar-refractivity contribution is -0.122. The highest BCUT2D eigenvalue weighted by molar-refractivity contribution is 8.01. The number of benzene rings is 1. The van der Waals surface area contributed by atoms with Crippen LogP contribution in [-0.4, -0.2) is 24.1 Å². The number of aryl methyl sites for hydroxylation is 2. The van der Waals surface area contributed by atoms with Gasteiger partial charge in [0.1, 0.15) is 0 Å². The Labute approximate surface area is 144 Å². The van der Waals surface area contributed by atoms with Gasteiger partial charge < -0.3 is 10.1 Å². The van der Waals surface area contributed by atoms with Gasteiger partial charge in [-0.05, 0) is 50.5 Å². The van der Waals surface area contributed by atoms with Gasteiger partial charge in [-0.3, -0.25) is 4.79 Å². The second-order valence-corrected chi connectivity index (χ2v) is 7.89. The predicted molar refractivity (Wildman–Crippen MR) is 94.3 cm³/mol. The summed E-state index contributed by atoms with van der Waals surface area (Å²) in [6, 6.07) is 6.12. The lowest BCUT2D eigenvalue weighted by Gasteiger charge is -2.21. The van der Waals surface area contributed by atoms with Gasteiger partial charge in [0.25, 0.3) is 0 Å². The summed E-state index contributed by atoms with van der Waals surface area (Å²) >= 11 is 3.31. The Hall–Kier alpha value is -1.37. The van der Waals surface area contributed by atoms with Crippen LogP contribution in [-0.2, 0) is 9.53 Å². The van der Waals surface area contributed by atoms with Crippen molar-refractivity contribution in [2.45, 2.75) is 35.9 Å². The number of carbonyl (C=O) groups excluding carboxylic acids is 1. The van der Waals surface area contributed by atoms with Crippen molar-refractivity contribution in [2.24, 2.45) is 5.92 Å². The third-order valence-corrected chi connectivity index (χ3v) is 5.90. The Balaban J connectivity index is 1.65. The van der Waals surface area contributed by atoms with E-state index in [1.165, 1.54) is 0 Å². The molecule has 3 rings (SSSR count). The largest absolute Gasteiger partial charge is 0.381 e. The van der Waals surface area contributed by atoms with Crippen molar-refractivity contribution >= 4 is 34.7 Å². The van der Waals surface area contributed by atoms with Crippen LogP contribution < -0.4 is 5.32 Å². The Morgan fingerprint density at radius 1 is 1.35 bits per heavy atom. The van der Waals surface area contributed by atoms with Crippen LogP contribution in [0.15, 0.2) is 32.8 Å². The minimum atomic E-state index is 0.0653. The summed E-state index contributed by atoms with van der Waals surface area (Å²) in [6.07, 6.45) is 1.62. The number of hydrogen-bond donors (Lipinski definition) is 1. The van der Waals surface area contributed by atoms with Gasteiger partial charge in [-0.25, -0.2) is 4.98 Å². The fraction of sp³-hybridized carbons (Fsp3) is 0.412. The molecule has 1 aromatic heterocycles. The van der Waals surface area contributed by atoms with E-state index in [0.717, 1.165) is 39.0 Å². The molecule has 1 fully saturated rings. The summed E-state index contributed by atoms with van der Waals surface area (Å²) in [5, 5.41) is 5.11. The number of hydrogen-bond acceptors (Lipinski definition) is 5. The number of nitrogens with one attached hydrogen (secondary N) is 1. The van der Waals surface area contributed by atoms with Gasteiger partial charge in [-0.2, -0.15) is 0 Å². The molecule has 1 amide bonds. The van der Waals surface area contributed by atoms with Gasteiger partial charge >= 0.3 is 0 Å². The summed E-state index contributed by atoms with van der Waals surface area (Å²) in [4.78, 5) is 17.9. The van der Waals surface area contributed by atoms with Gasteiger partial charge in [0.15, 0.2) is 4.34 Å². The molecule has 1 aliphatic rings. The highest BCUT2D eigenvalue weighted by Gasteiger charge is 2.21. The molecule has 1 aliphatic heterocycles. The van der Waals surface area contributed by atoms with Gasteiger partial charge in [0.05, 0.1) is 0 Å². The maximum atomic E-state index is 12.3. The van der Waals surface area contributed by atoms with Crippen LogP contribution in [0.5, 0.6) is 0 Å². The SMILES string of the molecule is Cc1csc(Sc2ccc(NC(=O)C3CCOCC3)c(C)c2)n1. The number of thiazole rings is 1. The highest BCUT2D eigenvalue weighted by Crippen LogP contribution is 2.32. The number of anilines is 1. The fourth-order valence-corrected chi connectivity index (χ4v) is 4.42. The molecular weight excluding hydrogens is 328 g/mol. The number of ether oxygens (including phenoxy) is 1. The normalized spacial score (nSPS) is 15.6. The molecule has 0 saturated carbocycles. The van der Waals surface area contributed by atoms with Crippen molar-refractivity contribution in [2.75, 3.05) is 18.5 Å². The molecule has 2 heterocycles. The monoisotopic (exact) mass is 348 g/mol. The molecule has 0 atom stereocenters. The van der Waals surface area contributed by atoms with E-state index in [4.69, 9.17) is 4.74 Å². The van der Waals surface area contributed by atoms with Crippen LogP contribution in [0, 0.1) is 19.8 Å². The first-order chi connectivity index (χ1) is 11.1. The zero-order valence-electron chi connectivity index (χ0n) is 13.3. The maximum absolute atomic E-state index is 12.3. The molecule has 2 aromatic rings. The van der Waals surface area contributed by atoms with Crippen molar-refractivity contribution < 1.29 is 9.53 Å². The molecule has 4 nitrogen and oxygen atoms in total. The van der Waals surface area contributed by atoms with Crippen LogP contribution in [0.4, 0.5) is 5.69 Å². The number of amides is 1. The molecule has 0 bridgehead atoms. The Bertz CT molecular complexity index is 694. The molecule has 1 N–H and O–H groups in total. The summed E-state index contributed by atoms with van der Waals surface area (Å²) in [7, 11) is 0. The Morgan fingerprint density at radius 3 is 2.78 bits per heavy atom. The Morgan fingerprint density at radius 2 is 2.13 bits per heavy atom. The van der Waals surface area contributed by atoms with E-state index in [9.17, 15) is 4.79 Å². The maximum Gasteiger partial charge on any atom is 0.227 e. The van der Waals surface area contributed by atoms with Crippen LogP contribution in [0.3, 0.4) is 0 Å². The molecule has 122 valence electrons. The molecular formula is C17H20N2O2S2. The van der Waals surface area contributed by atoms with E-state index in [-0.39, 0.29) is 11.8 Å². The van der Waals surface area contributed by atoms with E-state index < -0.39 is 0 Å². The minimum absolute atomic E-state index is 0.0653. The zero-order valence-corrected chi connectivity index (χ0v) is 14.9. The molecule has 1 saturated heterocycles. The molecule has 0 aliphatic carbocycles. The molecule has 0 radical (unpaired) electrons. The van der Waals surface area contributed by atoms with Gasteiger partial charge in [0.2, 0.25) is 5.91 Å². The standard InChI is InChI=1S/C17H20N2O2S2/c1-11-9-14(23-17-18-12(2)10-22-17)3-4-15(11)19-16(20)13-5-7-21-8-6-13/h3-4,9-10,13H,5-8H2,1-2H3,(H,19,20). The smallest absolute Gasteiger partial charge is 0.227 e. The number of rotatable bonds is 4. The molecule has 23 heavy (non-hydrogen) atoms. The first-order valence-corrected chi connectivity index (χ1v) is 9.40. The van der Waals surface area contributed by atoms with E-state index in [1.54, 1.807) is 23.1 Å². The number of carbonyl (C=O) groups is 1. The number of nitrogens with zero attached hydrogens (tertiary/aromatic N) is 1. The molecule has 1 aromatic carbocycles. The van der Waals surface area contributed by atoms with Crippen LogP contribution in [0.1, 0.15) is 24.1 Å². The fourth-order valence-electron chi connectivity index (χ4n) is 2.51. The van der Waals surface area contributed by atoms with E-state index >= 15 is 0 Å². The first-order valence-electron chi connectivity index (χ1n) is 7.71. The zero-order chi connectivity index (χ0) is 16.2. The highest BCUT2D eigenvalue weighted by atomic mass is 32.2. The van der Waals surface area contributed by atoms with Gasteiger partial charge in [-0.15, -0.1) is 11.3 Å². The van der Waals surface area contributed by atoms with Gasteiger partial charge in [-0.1, -0.05) is 11.8 Å². The molecule has 0 unspecified atom stereocenters. The molecule has 0 spiro atoms. The summed E-state index contributed by atoms with van der Waals surface area (Å²) < 4.78 is 6.35. The lowest BCUT2D eigenvalue weighted by atomic mass is 9.99. The third kappa shape index (κ3) is 4.34. The average Bonchev–Trinajstić information content (AvgIpc) is 2.96. The van der Waals surface area contributed by atoms with E-state index in [1.807, 2.05) is 26.0 Å². The predicted octanol–water partition coefficient (Wildman–Crippen LogP) is 4.28. The van der Waals surface area contributed by atoms with Crippen molar-refractivity contribution in [1.29, 1.82) is 0 Å². The average molecular weight is 348 g/mol. The summed E-state index contributed by atoms with van der Waals surface area (Å²) in [5.74, 6) is 0.169. The first kappa shape index (κ1) is 16.5. The lowest BCUT2D eigenvalue weighted by Crippen LogP contribution is -2.28. The second-order valence-electron chi connectivity index (χ2n) is 5.71. The quantitative estimate of drug-likeness (QED) is 0.896. The summed E-state index contributed by atoms with van der Waals surface area (Å²) in [5.41, 5.74) is 3.01. The van der Waals surface area contributed by atoms with Crippen molar-refractivity contribution in [3.8, 4) is 0 Å². The van der Waals surface area contributed by atoms with Crippen LogP contribution in [0.25, 0.3) is 0 Å². The third-order valence-electron chi connectivity index (χ3n) is 3.85. The topological polar surface area (TPSA) is 51.2 Å². The van der Waals surface area contributed by atoms with Gasteiger partial charge in [0, 0.05) is 40.8 Å². The summed E-state index contributed by atoms with van der Waals surface area (Å²) in [6.45, 7) is 5.39. The minimum Gasteiger partial charge on any atom is -0.381 e. The van der Waals surface area contributed by atoms with Crippen molar-refractivity contribution in [3.05, 3.63) is 34.8 Å². The second kappa shape index (κ2) is 7.47. The molecule has 6 heteroatoms. The number of aromatic nitrogens is 1. The van der Waals surface area contributed by atoms with Crippen molar-refractivity contribution in [3.63, 3.8) is 0 Å².